The number of likely N-dealkylation sites (tertiary alicyclic amines) is 1. The average molecular weight is 434 g/mol. The van der Waals surface area contributed by atoms with Crippen molar-refractivity contribution in [1.82, 2.24) is 9.21 Å². The van der Waals surface area contributed by atoms with E-state index in [4.69, 9.17) is 0 Å². The Hall–Kier alpha value is -2.45. The Balaban J connectivity index is 1.65. The van der Waals surface area contributed by atoms with Crippen LogP contribution in [0.4, 0.5) is 10.1 Å². The number of amides is 1. The van der Waals surface area contributed by atoms with Crippen molar-refractivity contribution in [3.63, 3.8) is 0 Å². The third-order valence-electron chi connectivity index (χ3n) is 5.47. The highest BCUT2D eigenvalue weighted by Crippen LogP contribution is 2.24. The van der Waals surface area contributed by atoms with E-state index in [0.717, 1.165) is 27.9 Å². The van der Waals surface area contributed by atoms with Crippen molar-refractivity contribution in [2.45, 2.75) is 19.3 Å². The van der Waals surface area contributed by atoms with Crippen LogP contribution in [0.15, 0.2) is 54.6 Å². The highest BCUT2D eigenvalue weighted by atomic mass is 32.2. The van der Waals surface area contributed by atoms with Gasteiger partial charge in [-0.25, -0.2) is 8.70 Å². The van der Waals surface area contributed by atoms with Gasteiger partial charge in [-0.05, 0) is 55.0 Å². The predicted molar refractivity (Wildman–Crippen MR) is 116 cm³/mol. The molecule has 0 N–H and O–H groups in total. The van der Waals surface area contributed by atoms with Crippen LogP contribution in [0.3, 0.4) is 0 Å². The molecule has 162 valence electrons. The van der Waals surface area contributed by atoms with E-state index < -0.39 is 16.0 Å². The van der Waals surface area contributed by atoms with E-state index in [1.54, 1.807) is 4.90 Å². The number of halogens is 1. The maximum absolute atomic E-state index is 13.3. The minimum absolute atomic E-state index is 0.247. The summed E-state index contributed by atoms with van der Waals surface area (Å²) in [6, 6.07) is 15.4. The van der Waals surface area contributed by atoms with Gasteiger partial charge in [0, 0.05) is 27.2 Å². The standard InChI is InChI=1S/C22H28FN3O3S/c1-24(2)30(28,29)26(21-10-8-20(23)9-11-21)17-22(27)25-14-12-19(13-15-25)16-18-6-4-3-5-7-18/h3-11,19H,12-17H2,1-2H3. The molecule has 1 aliphatic rings. The van der Waals surface area contributed by atoms with Gasteiger partial charge in [-0.15, -0.1) is 0 Å². The summed E-state index contributed by atoms with van der Waals surface area (Å²) in [5, 5.41) is 0. The van der Waals surface area contributed by atoms with E-state index >= 15 is 0 Å². The number of carbonyl (C=O) groups is 1. The Kier molecular flexibility index (Phi) is 7.10. The van der Waals surface area contributed by atoms with Gasteiger partial charge in [-0.2, -0.15) is 12.7 Å². The lowest BCUT2D eigenvalue weighted by atomic mass is 9.90. The second-order valence-electron chi connectivity index (χ2n) is 7.79. The van der Waals surface area contributed by atoms with Gasteiger partial charge in [0.05, 0.1) is 5.69 Å². The van der Waals surface area contributed by atoms with Crippen LogP contribution in [0.25, 0.3) is 0 Å². The Bertz CT molecular complexity index is 941. The lowest BCUT2D eigenvalue weighted by Gasteiger charge is -2.34. The summed E-state index contributed by atoms with van der Waals surface area (Å²) in [6.07, 6.45) is 2.76. The number of anilines is 1. The summed E-state index contributed by atoms with van der Waals surface area (Å²) in [5.74, 6) is -0.203. The number of carbonyl (C=O) groups excluding carboxylic acids is 1. The van der Waals surface area contributed by atoms with Crippen molar-refractivity contribution in [3.05, 3.63) is 66.0 Å². The first-order chi connectivity index (χ1) is 14.3. The van der Waals surface area contributed by atoms with Crippen LogP contribution in [0.2, 0.25) is 0 Å². The van der Waals surface area contributed by atoms with Crippen molar-refractivity contribution in [2.75, 3.05) is 38.0 Å². The molecule has 0 aromatic heterocycles. The molecule has 2 aromatic rings. The highest BCUT2D eigenvalue weighted by Gasteiger charge is 2.30. The molecule has 0 spiro atoms. The average Bonchev–Trinajstić information content (AvgIpc) is 2.73. The molecule has 0 aliphatic carbocycles. The fourth-order valence-electron chi connectivity index (χ4n) is 3.67. The van der Waals surface area contributed by atoms with Crippen LogP contribution < -0.4 is 4.31 Å². The number of benzene rings is 2. The van der Waals surface area contributed by atoms with Crippen molar-refractivity contribution >= 4 is 21.8 Å². The van der Waals surface area contributed by atoms with Crippen molar-refractivity contribution in [1.29, 1.82) is 0 Å². The van der Waals surface area contributed by atoms with Gasteiger partial charge in [0.1, 0.15) is 12.4 Å². The Morgan fingerprint density at radius 3 is 2.20 bits per heavy atom. The minimum Gasteiger partial charge on any atom is -0.341 e. The smallest absolute Gasteiger partial charge is 0.304 e. The predicted octanol–water partition coefficient (Wildman–Crippen LogP) is 2.92. The molecule has 0 saturated carbocycles. The zero-order valence-corrected chi connectivity index (χ0v) is 18.2. The van der Waals surface area contributed by atoms with Crippen LogP contribution in [-0.4, -0.2) is 57.3 Å². The Morgan fingerprint density at radius 1 is 1.03 bits per heavy atom. The molecule has 3 rings (SSSR count). The molecule has 0 atom stereocenters. The Morgan fingerprint density at radius 2 is 1.63 bits per heavy atom. The van der Waals surface area contributed by atoms with Crippen LogP contribution >= 0.6 is 0 Å². The van der Waals surface area contributed by atoms with Gasteiger partial charge in [0.2, 0.25) is 5.91 Å². The molecule has 0 unspecified atom stereocenters. The van der Waals surface area contributed by atoms with E-state index in [1.807, 2.05) is 18.2 Å². The van der Waals surface area contributed by atoms with Crippen LogP contribution in [0, 0.1) is 11.7 Å². The van der Waals surface area contributed by atoms with Crippen LogP contribution in [0.1, 0.15) is 18.4 Å². The number of rotatable bonds is 7. The molecule has 0 bridgehead atoms. The molecule has 30 heavy (non-hydrogen) atoms. The lowest BCUT2D eigenvalue weighted by molar-refractivity contribution is -0.130. The van der Waals surface area contributed by atoms with Gasteiger partial charge >= 0.3 is 10.2 Å². The summed E-state index contributed by atoms with van der Waals surface area (Å²) in [4.78, 5) is 14.6. The normalized spacial score (nSPS) is 15.4. The topological polar surface area (TPSA) is 60.9 Å². The molecule has 1 heterocycles. The van der Waals surface area contributed by atoms with Gasteiger partial charge in [-0.1, -0.05) is 30.3 Å². The number of piperidine rings is 1. The van der Waals surface area contributed by atoms with E-state index in [-0.39, 0.29) is 18.1 Å². The molecular weight excluding hydrogens is 405 g/mol. The zero-order valence-electron chi connectivity index (χ0n) is 17.4. The van der Waals surface area contributed by atoms with E-state index in [1.165, 1.54) is 43.9 Å². The summed E-state index contributed by atoms with van der Waals surface area (Å²) in [5.41, 5.74) is 1.55. The summed E-state index contributed by atoms with van der Waals surface area (Å²) >= 11 is 0. The molecule has 2 aromatic carbocycles. The second kappa shape index (κ2) is 9.57. The Labute approximate surface area is 178 Å². The molecule has 8 heteroatoms. The summed E-state index contributed by atoms with van der Waals surface area (Å²) < 4.78 is 40.9. The number of nitrogens with zero attached hydrogens (tertiary/aromatic N) is 3. The summed E-state index contributed by atoms with van der Waals surface area (Å²) in [7, 11) is -1.08. The second-order valence-corrected chi connectivity index (χ2v) is 9.85. The lowest BCUT2D eigenvalue weighted by Crippen LogP contribution is -2.48. The molecule has 1 aliphatic heterocycles. The van der Waals surface area contributed by atoms with Crippen LogP contribution in [-0.2, 0) is 21.4 Å². The molecule has 6 nitrogen and oxygen atoms in total. The van der Waals surface area contributed by atoms with Crippen molar-refractivity contribution in [3.8, 4) is 0 Å². The van der Waals surface area contributed by atoms with Gasteiger partial charge in [0.25, 0.3) is 0 Å². The minimum atomic E-state index is -3.89. The number of hydrogen-bond donors (Lipinski definition) is 0. The molecular formula is C22H28FN3O3S. The fourth-order valence-corrected chi connectivity index (χ4v) is 4.72. The summed E-state index contributed by atoms with van der Waals surface area (Å²) in [6.45, 7) is 0.903. The first kappa shape index (κ1) is 22.2. The first-order valence-corrected chi connectivity index (χ1v) is 11.4. The fraction of sp³-hybridized carbons (Fsp3) is 0.409. The highest BCUT2D eigenvalue weighted by molar-refractivity contribution is 7.90. The SMILES string of the molecule is CN(C)S(=O)(=O)N(CC(=O)N1CCC(Cc2ccccc2)CC1)c1ccc(F)cc1. The van der Waals surface area contributed by atoms with Gasteiger partial charge in [0.15, 0.2) is 0 Å². The monoisotopic (exact) mass is 433 g/mol. The maximum atomic E-state index is 13.3. The maximum Gasteiger partial charge on any atom is 0.304 e. The van der Waals surface area contributed by atoms with Crippen LogP contribution in [0.5, 0.6) is 0 Å². The zero-order chi connectivity index (χ0) is 21.7. The molecule has 0 radical (unpaired) electrons. The quantitative estimate of drug-likeness (QED) is 0.675. The molecule has 1 fully saturated rings. The first-order valence-electron chi connectivity index (χ1n) is 10.0. The number of hydrogen-bond acceptors (Lipinski definition) is 3. The third kappa shape index (κ3) is 5.37. The van der Waals surface area contributed by atoms with Crippen molar-refractivity contribution in [2.24, 2.45) is 5.92 Å². The largest absolute Gasteiger partial charge is 0.341 e. The molecule has 1 saturated heterocycles. The van der Waals surface area contributed by atoms with Gasteiger partial charge in [-0.3, -0.25) is 4.79 Å². The molecule has 1 amide bonds. The van der Waals surface area contributed by atoms with E-state index in [0.29, 0.717) is 19.0 Å². The third-order valence-corrected chi connectivity index (χ3v) is 7.29. The van der Waals surface area contributed by atoms with Gasteiger partial charge < -0.3 is 4.90 Å². The van der Waals surface area contributed by atoms with Crippen molar-refractivity contribution < 1.29 is 17.6 Å². The van der Waals surface area contributed by atoms with E-state index in [9.17, 15) is 17.6 Å². The van der Waals surface area contributed by atoms with E-state index in [2.05, 4.69) is 12.1 Å².